The molecular formula is C2H5NaOS. The number of aliphatic hydroxyl groups excluding tert-OH is 1. The topological polar surface area (TPSA) is 20.2 Å². The number of hydrogen-bond donors (Lipinski definition) is 1. The van der Waals surface area contributed by atoms with Crippen molar-refractivity contribution in [3.8, 4) is 0 Å². The van der Waals surface area contributed by atoms with Crippen molar-refractivity contribution in [2.45, 2.75) is 12.4 Å². The van der Waals surface area contributed by atoms with Crippen LogP contribution in [0, 0.1) is 0 Å². The van der Waals surface area contributed by atoms with E-state index in [-0.39, 0.29) is 29.6 Å². The van der Waals surface area contributed by atoms with Gasteiger partial charge in [-0.3, -0.25) is 0 Å². The van der Waals surface area contributed by atoms with Gasteiger partial charge in [0.15, 0.2) is 0 Å². The van der Waals surface area contributed by atoms with Crippen LogP contribution in [0.25, 0.3) is 0 Å². The quantitative estimate of drug-likeness (QED) is 0.257. The van der Waals surface area contributed by atoms with Crippen molar-refractivity contribution in [3.63, 3.8) is 0 Å². The second-order valence-corrected chi connectivity index (χ2v) is 1.28. The fourth-order valence-corrected chi connectivity index (χ4v) is 0. The molecule has 0 aliphatic carbocycles. The van der Waals surface area contributed by atoms with Gasteiger partial charge in [0.25, 0.3) is 0 Å². The van der Waals surface area contributed by atoms with E-state index >= 15 is 0 Å². The molecule has 0 bridgehead atoms. The summed E-state index contributed by atoms with van der Waals surface area (Å²) in [6, 6.07) is 0. The number of rotatable bonds is 0. The third kappa shape index (κ3) is 33.9. The summed E-state index contributed by atoms with van der Waals surface area (Å²) in [5, 5.41) is 7.87. The van der Waals surface area contributed by atoms with Crippen LogP contribution in [0.4, 0.5) is 0 Å². The molecule has 0 saturated heterocycles. The average Bonchev–Trinajstić information content (AvgIpc) is 0.811. The van der Waals surface area contributed by atoms with E-state index in [0.29, 0.717) is 0 Å². The molecule has 0 aliphatic rings. The van der Waals surface area contributed by atoms with Crippen LogP contribution in [0.2, 0.25) is 0 Å². The molecule has 26 valence electrons. The predicted octanol–water partition coefficient (Wildman–Crippen LogP) is -3.12. The summed E-state index contributed by atoms with van der Waals surface area (Å²) in [5.41, 5.74) is -0.583. The molecule has 0 amide bonds. The molecule has 0 fully saturated rings. The Bertz CT molecular complexity index is 14.4. The zero-order valence-electron chi connectivity index (χ0n) is 3.43. The van der Waals surface area contributed by atoms with Gasteiger partial charge in [-0.1, -0.05) is 12.4 Å². The Balaban J connectivity index is 0. The standard InChI is InChI=1S/C2H6OS.Na/c1-2(3)4;/h2-4H,1H3;/q;+1/p-1. The Morgan fingerprint density at radius 1 is 1.80 bits per heavy atom. The third-order valence-corrected chi connectivity index (χ3v) is 0. The van der Waals surface area contributed by atoms with Gasteiger partial charge < -0.3 is 17.7 Å². The summed E-state index contributed by atoms with van der Waals surface area (Å²) < 4.78 is 0. The van der Waals surface area contributed by atoms with Gasteiger partial charge in [-0.25, -0.2) is 0 Å². The molecule has 0 aliphatic heterocycles. The summed E-state index contributed by atoms with van der Waals surface area (Å²) in [6.07, 6.45) is 0. The molecule has 0 aromatic carbocycles. The van der Waals surface area contributed by atoms with Gasteiger partial charge in [0.1, 0.15) is 0 Å². The Kier molecular flexibility index (Phi) is 10.2. The Morgan fingerprint density at radius 2 is 1.80 bits per heavy atom. The monoisotopic (exact) mass is 100.0 g/mol. The molecule has 1 unspecified atom stereocenters. The molecule has 0 saturated carbocycles. The van der Waals surface area contributed by atoms with Crippen LogP contribution in [0.1, 0.15) is 6.92 Å². The van der Waals surface area contributed by atoms with Crippen molar-refractivity contribution in [2.75, 3.05) is 0 Å². The van der Waals surface area contributed by atoms with Gasteiger partial charge in [0.05, 0.1) is 0 Å². The van der Waals surface area contributed by atoms with Gasteiger partial charge in [0, 0.05) is 0 Å². The molecule has 0 aromatic heterocycles. The molecule has 0 rings (SSSR count). The molecule has 5 heavy (non-hydrogen) atoms. The van der Waals surface area contributed by atoms with E-state index in [9.17, 15) is 0 Å². The summed E-state index contributed by atoms with van der Waals surface area (Å²) in [4.78, 5) is 0. The van der Waals surface area contributed by atoms with E-state index in [2.05, 4.69) is 12.6 Å². The second kappa shape index (κ2) is 5.31. The molecule has 0 spiro atoms. The maximum Gasteiger partial charge on any atom is 1.00 e. The van der Waals surface area contributed by atoms with Crippen LogP contribution in [0.3, 0.4) is 0 Å². The molecule has 0 heterocycles. The van der Waals surface area contributed by atoms with Crippen LogP contribution < -0.4 is 29.6 Å². The van der Waals surface area contributed by atoms with Gasteiger partial charge >= 0.3 is 29.6 Å². The molecular weight excluding hydrogens is 95.1 g/mol. The molecule has 0 radical (unpaired) electrons. The smallest absolute Gasteiger partial charge is 0.762 e. The first-order valence-electron chi connectivity index (χ1n) is 1.07. The van der Waals surface area contributed by atoms with Gasteiger partial charge in [0.2, 0.25) is 0 Å². The first-order chi connectivity index (χ1) is 1.73. The maximum absolute atomic E-state index is 7.87. The largest absolute Gasteiger partial charge is 1.00 e. The zero-order chi connectivity index (χ0) is 3.58. The predicted molar refractivity (Wildman–Crippen MR) is 19.0 cm³/mol. The van der Waals surface area contributed by atoms with Crippen molar-refractivity contribution in [1.82, 2.24) is 0 Å². The summed E-state index contributed by atoms with van der Waals surface area (Å²) in [7, 11) is 0. The molecule has 1 N–H and O–H groups in total. The van der Waals surface area contributed by atoms with E-state index in [1.165, 1.54) is 6.92 Å². The van der Waals surface area contributed by atoms with E-state index < -0.39 is 5.44 Å². The SMILES string of the molecule is CC(O)[S-].[Na+]. The second-order valence-electron chi connectivity index (χ2n) is 0.599. The Morgan fingerprint density at radius 3 is 1.80 bits per heavy atom. The maximum atomic E-state index is 7.87. The van der Waals surface area contributed by atoms with Crippen LogP contribution in [0.15, 0.2) is 0 Å². The molecule has 0 aromatic rings. The van der Waals surface area contributed by atoms with Crippen molar-refractivity contribution < 1.29 is 34.7 Å². The van der Waals surface area contributed by atoms with Crippen molar-refractivity contribution in [3.05, 3.63) is 0 Å². The van der Waals surface area contributed by atoms with Gasteiger partial charge in [-0.05, 0) is 0 Å². The fourth-order valence-electron chi connectivity index (χ4n) is 0. The molecule has 1 nitrogen and oxygen atoms in total. The Hall–Kier alpha value is 1.31. The van der Waals surface area contributed by atoms with E-state index in [1.807, 2.05) is 0 Å². The van der Waals surface area contributed by atoms with E-state index in [1.54, 1.807) is 0 Å². The number of aliphatic hydroxyl groups is 1. The normalized spacial score (nSPS) is 12.6. The number of hydrogen-bond acceptors (Lipinski definition) is 2. The van der Waals surface area contributed by atoms with E-state index in [0.717, 1.165) is 0 Å². The minimum atomic E-state index is -0.583. The molecule has 1 atom stereocenters. The first kappa shape index (κ1) is 9.58. The van der Waals surface area contributed by atoms with Gasteiger partial charge in [-0.15, -0.1) is 0 Å². The minimum Gasteiger partial charge on any atom is -0.762 e. The van der Waals surface area contributed by atoms with Crippen LogP contribution >= 0.6 is 0 Å². The van der Waals surface area contributed by atoms with Crippen LogP contribution in [0.5, 0.6) is 0 Å². The zero-order valence-corrected chi connectivity index (χ0v) is 6.25. The van der Waals surface area contributed by atoms with Crippen molar-refractivity contribution in [1.29, 1.82) is 0 Å². The average molecular weight is 100 g/mol. The van der Waals surface area contributed by atoms with Crippen LogP contribution in [-0.4, -0.2) is 10.5 Å². The van der Waals surface area contributed by atoms with Gasteiger partial charge in [-0.2, -0.15) is 0 Å². The van der Waals surface area contributed by atoms with Crippen LogP contribution in [-0.2, 0) is 12.6 Å². The first-order valence-corrected chi connectivity index (χ1v) is 1.54. The fraction of sp³-hybridized carbons (Fsp3) is 1.00. The summed E-state index contributed by atoms with van der Waals surface area (Å²) >= 11 is 4.18. The Labute approximate surface area is 59.5 Å². The summed E-state index contributed by atoms with van der Waals surface area (Å²) in [6.45, 7) is 1.54. The molecule has 3 heteroatoms. The summed E-state index contributed by atoms with van der Waals surface area (Å²) in [5.74, 6) is 0. The minimum absolute atomic E-state index is 0. The van der Waals surface area contributed by atoms with Crippen molar-refractivity contribution >= 4 is 12.6 Å². The van der Waals surface area contributed by atoms with Crippen molar-refractivity contribution in [2.24, 2.45) is 0 Å². The third-order valence-electron chi connectivity index (χ3n) is 0. The van der Waals surface area contributed by atoms with E-state index in [4.69, 9.17) is 5.11 Å².